The second-order valence-corrected chi connectivity index (χ2v) is 4.03. The van der Waals surface area contributed by atoms with E-state index in [1.807, 2.05) is 19.3 Å². The fraction of sp³-hybridized carbons (Fsp3) is 0.600. The number of rotatable bonds is 10. The Labute approximate surface area is 116 Å². The van der Waals surface area contributed by atoms with Crippen LogP contribution < -0.4 is 0 Å². The van der Waals surface area contributed by atoms with Gasteiger partial charge in [-0.2, -0.15) is 0 Å². The first-order valence-electron chi connectivity index (χ1n) is 6.93. The number of allylic oxidation sites excluding steroid dienone is 3. The van der Waals surface area contributed by atoms with Crippen LogP contribution in [0.2, 0.25) is 0 Å². The third kappa shape index (κ3) is 9.05. The van der Waals surface area contributed by atoms with Crippen LogP contribution in [-0.2, 0) is 9.53 Å². The molecule has 0 aliphatic carbocycles. The predicted molar refractivity (Wildman–Crippen MR) is 80.2 cm³/mol. The summed E-state index contributed by atoms with van der Waals surface area (Å²) in [5.41, 5.74) is 0.999. The van der Waals surface area contributed by atoms with Crippen LogP contribution in [0.3, 0.4) is 0 Å². The molecule has 0 N–H and O–H groups in total. The Morgan fingerprint density at radius 1 is 1.37 bits per heavy atom. The van der Waals surface area contributed by atoms with E-state index in [4.69, 9.17) is 4.74 Å². The zero-order chi connectivity index (χ0) is 14.5. The van der Waals surface area contributed by atoms with Gasteiger partial charge in [0.2, 0.25) is 0 Å². The van der Waals surface area contributed by atoms with Crippen molar-refractivity contribution in [2.45, 2.75) is 40.0 Å². The highest BCUT2D eigenvalue weighted by Gasteiger charge is 2.03. The second-order valence-electron chi connectivity index (χ2n) is 4.03. The van der Waals surface area contributed by atoms with E-state index in [0.717, 1.165) is 31.6 Å². The number of nitrogens with zero attached hydrogens (tertiary/aromatic N) is 2. The molecule has 0 unspecified atom stereocenters. The second kappa shape index (κ2) is 11.5. The number of carbonyl (C=O) groups excluding carboxylic acids is 1. The highest BCUT2D eigenvalue weighted by Crippen LogP contribution is 2.03. The molecule has 0 radical (unpaired) electrons. The third-order valence-electron chi connectivity index (χ3n) is 2.60. The van der Waals surface area contributed by atoms with Crippen molar-refractivity contribution in [2.75, 3.05) is 19.7 Å². The van der Waals surface area contributed by atoms with Crippen molar-refractivity contribution in [3.05, 3.63) is 24.4 Å². The van der Waals surface area contributed by atoms with E-state index in [2.05, 4.69) is 30.3 Å². The van der Waals surface area contributed by atoms with Crippen LogP contribution >= 0.6 is 0 Å². The molecular formula is C15H26N2O2. The van der Waals surface area contributed by atoms with Crippen LogP contribution in [0.4, 0.5) is 0 Å². The molecule has 0 aromatic carbocycles. The molecule has 0 aliphatic rings. The van der Waals surface area contributed by atoms with Crippen LogP contribution in [0.5, 0.6) is 0 Å². The summed E-state index contributed by atoms with van der Waals surface area (Å²) in [7, 11) is 0. The monoisotopic (exact) mass is 266 g/mol. The van der Waals surface area contributed by atoms with Crippen molar-refractivity contribution >= 4 is 12.3 Å². The van der Waals surface area contributed by atoms with Crippen molar-refractivity contribution in [3.63, 3.8) is 0 Å². The van der Waals surface area contributed by atoms with Crippen molar-refractivity contribution in [1.82, 2.24) is 4.90 Å². The van der Waals surface area contributed by atoms with Gasteiger partial charge < -0.3 is 9.64 Å². The molecule has 0 aromatic heterocycles. The van der Waals surface area contributed by atoms with Gasteiger partial charge in [0, 0.05) is 25.2 Å². The van der Waals surface area contributed by atoms with Gasteiger partial charge >= 0.3 is 5.97 Å². The van der Waals surface area contributed by atoms with Crippen LogP contribution in [0, 0.1) is 0 Å². The molecule has 0 heterocycles. The quantitative estimate of drug-likeness (QED) is 0.264. The fourth-order valence-corrected chi connectivity index (χ4v) is 1.50. The van der Waals surface area contributed by atoms with Gasteiger partial charge in [0.15, 0.2) is 0 Å². The number of aliphatic imine (C=N–C) groups is 1. The van der Waals surface area contributed by atoms with Gasteiger partial charge in [-0.25, -0.2) is 4.99 Å². The van der Waals surface area contributed by atoms with Gasteiger partial charge in [-0.15, -0.1) is 0 Å². The lowest BCUT2D eigenvalue weighted by atomic mass is 10.3. The highest BCUT2D eigenvalue weighted by atomic mass is 16.5. The Bertz CT molecular complexity index is 322. The molecule has 108 valence electrons. The smallest absolute Gasteiger partial charge is 0.305 e. The molecule has 0 rings (SSSR count). The van der Waals surface area contributed by atoms with E-state index in [1.165, 1.54) is 0 Å². The van der Waals surface area contributed by atoms with E-state index in [-0.39, 0.29) is 5.97 Å². The average Bonchev–Trinajstić information content (AvgIpc) is 2.41. The van der Waals surface area contributed by atoms with Gasteiger partial charge in [-0.05, 0) is 32.8 Å². The lowest BCUT2D eigenvalue weighted by Gasteiger charge is -2.16. The maximum absolute atomic E-state index is 11.2. The van der Waals surface area contributed by atoms with Gasteiger partial charge in [0.25, 0.3) is 0 Å². The zero-order valence-electron chi connectivity index (χ0n) is 12.4. The molecule has 4 heteroatoms. The summed E-state index contributed by atoms with van der Waals surface area (Å²) in [5.74, 6) is -0.128. The SMILES string of the molecule is C=C/C=C(CC)/N=C\N(CC)CCCC(=O)OCC. The largest absolute Gasteiger partial charge is 0.466 e. The molecule has 19 heavy (non-hydrogen) atoms. The van der Waals surface area contributed by atoms with Gasteiger partial charge in [-0.3, -0.25) is 4.79 Å². The lowest BCUT2D eigenvalue weighted by molar-refractivity contribution is -0.143. The first kappa shape index (κ1) is 17.4. The molecule has 4 nitrogen and oxygen atoms in total. The van der Waals surface area contributed by atoms with E-state index in [1.54, 1.807) is 6.08 Å². The molecule has 0 amide bonds. The summed E-state index contributed by atoms with van der Waals surface area (Å²) in [4.78, 5) is 17.7. The average molecular weight is 266 g/mol. The first-order chi connectivity index (χ1) is 9.17. The number of hydrogen-bond donors (Lipinski definition) is 0. The molecular weight excluding hydrogens is 240 g/mol. The van der Waals surface area contributed by atoms with Gasteiger partial charge in [0.1, 0.15) is 0 Å². The molecule has 0 saturated carbocycles. The summed E-state index contributed by atoms with van der Waals surface area (Å²) in [5, 5.41) is 0. The Kier molecular flexibility index (Phi) is 10.6. The van der Waals surface area contributed by atoms with Crippen molar-refractivity contribution in [2.24, 2.45) is 4.99 Å². The number of esters is 1. The highest BCUT2D eigenvalue weighted by molar-refractivity contribution is 5.69. The standard InChI is InChI=1S/C15H26N2O2/c1-5-10-14(6-2)16-13-17(7-3)12-9-11-15(18)19-8-4/h5,10,13H,1,6-9,11-12H2,2-4H3/b14-10+,16-13-. The van der Waals surface area contributed by atoms with Crippen molar-refractivity contribution in [1.29, 1.82) is 0 Å². The van der Waals surface area contributed by atoms with Crippen LogP contribution in [0.25, 0.3) is 0 Å². The van der Waals surface area contributed by atoms with Gasteiger partial charge in [-0.1, -0.05) is 19.6 Å². The molecule has 0 fully saturated rings. The predicted octanol–water partition coefficient (Wildman–Crippen LogP) is 3.16. The van der Waals surface area contributed by atoms with Crippen molar-refractivity contribution in [3.8, 4) is 0 Å². The minimum Gasteiger partial charge on any atom is -0.466 e. The minimum absolute atomic E-state index is 0.128. The van der Waals surface area contributed by atoms with Crippen LogP contribution in [0.1, 0.15) is 40.0 Å². The Balaban J connectivity index is 4.14. The lowest BCUT2D eigenvalue weighted by Crippen LogP contribution is -2.23. The summed E-state index contributed by atoms with van der Waals surface area (Å²) in [6, 6.07) is 0. The Hall–Kier alpha value is -1.58. The molecule has 0 spiro atoms. The van der Waals surface area contributed by atoms with E-state index in [0.29, 0.717) is 13.0 Å². The van der Waals surface area contributed by atoms with E-state index < -0.39 is 0 Å². The normalized spacial score (nSPS) is 11.6. The molecule has 0 saturated heterocycles. The molecule has 0 aromatic rings. The topological polar surface area (TPSA) is 41.9 Å². The summed E-state index contributed by atoms with van der Waals surface area (Å²) < 4.78 is 4.89. The summed E-state index contributed by atoms with van der Waals surface area (Å²) in [6.45, 7) is 11.7. The van der Waals surface area contributed by atoms with Crippen LogP contribution in [-0.4, -0.2) is 36.9 Å². The number of ether oxygens (including phenoxy) is 1. The molecule has 0 atom stereocenters. The van der Waals surface area contributed by atoms with Gasteiger partial charge in [0.05, 0.1) is 12.9 Å². The Morgan fingerprint density at radius 2 is 2.11 bits per heavy atom. The number of hydrogen-bond acceptors (Lipinski definition) is 3. The maximum atomic E-state index is 11.2. The Morgan fingerprint density at radius 3 is 2.63 bits per heavy atom. The van der Waals surface area contributed by atoms with Crippen molar-refractivity contribution < 1.29 is 9.53 Å². The van der Waals surface area contributed by atoms with E-state index in [9.17, 15) is 4.79 Å². The maximum Gasteiger partial charge on any atom is 0.305 e. The number of carbonyl (C=O) groups is 1. The minimum atomic E-state index is -0.128. The first-order valence-corrected chi connectivity index (χ1v) is 6.93. The van der Waals surface area contributed by atoms with E-state index >= 15 is 0 Å². The zero-order valence-corrected chi connectivity index (χ0v) is 12.4. The summed E-state index contributed by atoms with van der Waals surface area (Å²) in [6.07, 6.45) is 7.61. The molecule has 0 bridgehead atoms. The fourth-order valence-electron chi connectivity index (χ4n) is 1.50. The molecule has 0 aliphatic heterocycles. The third-order valence-corrected chi connectivity index (χ3v) is 2.60. The van der Waals surface area contributed by atoms with Crippen LogP contribution in [0.15, 0.2) is 29.4 Å². The summed E-state index contributed by atoms with van der Waals surface area (Å²) >= 11 is 0.